The summed E-state index contributed by atoms with van der Waals surface area (Å²) in [5, 5.41) is 17.6. The first kappa shape index (κ1) is 13.0. The molecule has 0 aliphatic carbocycles. The van der Waals surface area contributed by atoms with Gasteiger partial charge in [0.1, 0.15) is 0 Å². The first-order chi connectivity index (χ1) is 7.67. The monoisotopic (exact) mass is 224 g/mol. The van der Waals surface area contributed by atoms with Crippen LogP contribution in [-0.2, 0) is 4.79 Å². The number of carbonyl (C=O) groups is 1. The van der Waals surface area contributed by atoms with Crippen molar-refractivity contribution in [3.05, 3.63) is 0 Å². The molecule has 0 amide bonds. The minimum Gasteiger partial charge on any atom is -0.481 e. The van der Waals surface area contributed by atoms with Crippen molar-refractivity contribution in [2.45, 2.75) is 45.1 Å². The predicted molar refractivity (Wildman–Crippen MR) is 60.9 cm³/mol. The second kappa shape index (κ2) is 6.49. The number of rotatable bonds is 5. The zero-order valence-electron chi connectivity index (χ0n) is 9.85. The van der Waals surface area contributed by atoms with Crippen LogP contribution in [0.5, 0.6) is 0 Å². The molecule has 1 saturated heterocycles. The van der Waals surface area contributed by atoms with Crippen LogP contribution in [0.25, 0.3) is 0 Å². The molecule has 4 nitrogen and oxygen atoms in total. The number of hydrogen-bond acceptors (Lipinski definition) is 3. The molecule has 1 N–H and O–H groups in total. The first-order valence-electron chi connectivity index (χ1n) is 6.02. The van der Waals surface area contributed by atoms with Crippen LogP contribution in [0.3, 0.4) is 0 Å². The maximum Gasteiger partial charge on any atom is 0.303 e. The smallest absolute Gasteiger partial charge is 0.303 e. The van der Waals surface area contributed by atoms with Crippen molar-refractivity contribution in [1.82, 2.24) is 4.90 Å². The van der Waals surface area contributed by atoms with E-state index in [1.165, 1.54) is 0 Å². The molecular weight excluding hydrogens is 204 g/mol. The van der Waals surface area contributed by atoms with Gasteiger partial charge in [0.15, 0.2) is 0 Å². The molecule has 16 heavy (non-hydrogen) atoms. The van der Waals surface area contributed by atoms with Crippen LogP contribution in [0, 0.1) is 17.2 Å². The SMILES string of the molecule is CCC(C#N)N1CCCC(CCC(=O)O)C1. The number of hydrogen-bond donors (Lipinski definition) is 1. The molecule has 0 radical (unpaired) electrons. The van der Waals surface area contributed by atoms with E-state index in [-0.39, 0.29) is 12.5 Å². The fraction of sp³-hybridized carbons (Fsp3) is 0.833. The molecule has 0 aromatic rings. The summed E-state index contributed by atoms with van der Waals surface area (Å²) in [6.07, 6.45) is 4.03. The molecule has 0 aromatic heterocycles. The average Bonchev–Trinajstić information content (AvgIpc) is 2.29. The molecule has 1 fully saturated rings. The summed E-state index contributed by atoms with van der Waals surface area (Å²) < 4.78 is 0. The lowest BCUT2D eigenvalue weighted by Gasteiger charge is -2.35. The third-order valence-corrected chi connectivity index (χ3v) is 3.29. The van der Waals surface area contributed by atoms with Gasteiger partial charge in [0.2, 0.25) is 0 Å². The third kappa shape index (κ3) is 3.82. The molecule has 2 unspecified atom stereocenters. The van der Waals surface area contributed by atoms with E-state index >= 15 is 0 Å². The maximum atomic E-state index is 10.5. The van der Waals surface area contributed by atoms with Gasteiger partial charge in [-0.25, -0.2) is 0 Å². The molecule has 1 heterocycles. The minimum atomic E-state index is -0.718. The Morgan fingerprint density at radius 1 is 1.69 bits per heavy atom. The van der Waals surface area contributed by atoms with Crippen molar-refractivity contribution in [1.29, 1.82) is 5.26 Å². The van der Waals surface area contributed by atoms with Gasteiger partial charge in [-0.3, -0.25) is 9.69 Å². The largest absolute Gasteiger partial charge is 0.481 e. The lowest BCUT2D eigenvalue weighted by atomic mass is 9.92. The molecule has 0 saturated carbocycles. The van der Waals surface area contributed by atoms with Crippen molar-refractivity contribution >= 4 is 5.97 Å². The van der Waals surface area contributed by atoms with Crippen LogP contribution in [-0.4, -0.2) is 35.1 Å². The van der Waals surface area contributed by atoms with Crippen LogP contribution in [0.4, 0.5) is 0 Å². The molecule has 1 aliphatic rings. The summed E-state index contributed by atoms with van der Waals surface area (Å²) in [6, 6.07) is 2.32. The molecular formula is C12H20N2O2. The van der Waals surface area contributed by atoms with Crippen LogP contribution >= 0.6 is 0 Å². The minimum absolute atomic E-state index is 0.00706. The molecule has 1 aliphatic heterocycles. The van der Waals surface area contributed by atoms with Gasteiger partial charge in [0.05, 0.1) is 12.1 Å². The highest BCUT2D eigenvalue weighted by molar-refractivity contribution is 5.66. The molecule has 0 spiro atoms. The number of nitriles is 1. The van der Waals surface area contributed by atoms with E-state index in [0.29, 0.717) is 5.92 Å². The zero-order chi connectivity index (χ0) is 12.0. The van der Waals surface area contributed by atoms with Crippen molar-refractivity contribution < 1.29 is 9.90 Å². The zero-order valence-corrected chi connectivity index (χ0v) is 9.85. The normalized spacial score (nSPS) is 23.6. The Labute approximate surface area is 96.9 Å². The van der Waals surface area contributed by atoms with Gasteiger partial charge < -0.3 is 5.11 Å². The fourth-order valence-electron chi connectivity index (χ4n) is 2.37. The lowest BCUT2D eigenvalue weighted by molar-refractivity contribution is -0.137. The van der Waals surface area contributed by atoms with Gasteiger partial charge >= 0.3 is 5.97 Å². The first-order valence-corrected chi connectivity index (χ1v) is 6.02. The Hall–Kier alpha value is -1.08. The Morgan fingerprint density at radius 3 is 3.00 bits per heavy atom. The Morgan fingerprint density at radius 2 is 2.44 bits per heavy atom. The molecule has 4 heteroatoms. The van der Waals surface area contributed by atoms with E-state index in [4.69, 9.17) is 10.4 Å². The van der Waals surface area contributed by atoms with Gasteiger partial charge in [-0.15, -0.1) is 0 Å². The Bertz CT molecular complexity index is 273. The summed E-state index contributed by atoms with van der Waals surface area (Å²) in [5.74, 6) is -0.267. The van der Waals surface area contributed by atoms with E-state index in [9.17, 15) is 4.79 Å². The summed E-state index contributed by atoms with van der Waals surface area (Å²) in [5.41, 5.74) is 0. The summed E-state index contributed by atoms with van der Waals surface area (Å²) in [7, 11) is 0. The second-order valence-corrected chi connectivity index (χ2v) is 4.49. The van der Waals surface area contributed by atoms with Crippen molar-refractivity contribution in [3.8, 4) is 6.07 Å². The lowest BCUT2D eigenvalue weighted by Crippen LogP contribution is -2.41. The van der Waals surface area contributed by atoms with E-state index in [1.54, 1.807) is 0 Å². The highest BCUT2D eigenvalue weighted by Crippen LogP contribution is 2.23. The molecule has 2 atom stereocenters. The van der Waals surface area contributed by atoms with Gasteiger partial charge in [0.25, 0.3) is 0 Å². The fourth-order valence-corrected chi connectivity index (χ4v) is 2.37. The Balaban J connectivity index is 2.41. The number of aliphatic carboxylic acids is 1. The predicted octanol–water partition coefficient (Wildman–Crippen LogP) is 1.87. The van der Waals surface area contributed by atoms with Crippen LogP contribution in [0.15, 0.2) is 0 Å². The highest BCUT2D eigenvalue weighted by atomic mass is 16.4. The summed E-state index contributed by atoms with van der Waals surface area (Å²) in [6.45, 7) is 3.89. The van der Waals surface area contributed by atoms with Crippen molar-refractivity contribution in [2.75, 3.05) is 13.1 Å². The van der Waals surface area contributed by atoms with Crippen LogP contribution in [0.2, 0.25) is 0 Å². The van der Waals surface area contributed by atoms with Crippen LogP contribution < -0.4 is 0 Å². The van der Waals surface area contributed by atoms with Gasteiger partial charge in [-0.2, -0.15) is 5.26 Å². The quantitative estimate of drug-likeness (QED) is 0.774. The number of carboxylic acid groups (broad SMARTS) is 1. The van der Waals surface area contributed by atoms with Crippen LogP contribution in [0.1, 0.15) is 39.0 Å². The highest BCUT2D eigenvalue weighted by Gasteiger charge is 2.24. The van der Waals surface area contributed by atoms with Gasteiger partial charge in [0, 0.05) is 13.0 Å². The topological polar surface area (TPSA) is 64.3 Å². The molecule has 1 rings (SSSR count). The van der Waals surface area contributed by atoms with Crippen molar-refractivity contribution in [3.63, 3.8) is 0 Å². The molecule has 0 bridgehead atoms. The average molecular weight is 224 g/mol. The van der Waals surface area contributed by atoms with E-state index in [1.807, 2.05) is 6.92 Å². The summed E-state index contributed by atoms with van der Waals surface area (Å²) >= 11 is 0. The second-order valence-electron chi connectivity index (χ2n) is 4.49. The van der Waals surface area contributed by atoms with E-state index in [2.05, 4.69) is 11.0 Å². The van der Waals surface area contributed by atoms with E-state index in [0.717, 1.165) is 38.8 Å². The van der Waals surface area contributed by atoms with Crippen molar-refractivity contribution in [2.24, 2.45) is 5.92 Å². The van der Waals surface area contributed by atoms with Gasteiger partial charge in [-0.1, -0.05) is 6.92 Å². The van der Waals surface area contributed by atoms with Gasteiger partial charge in [-0.05, 0) is 38.1 Å². The number of likely N-dealkylation sites (tertiary alicyclic amines) is 1. The number of piperidine rings is 1. The Kier molecular flexibility index (Phi) is 5.27. The number of carboxylic acids is 1. The maximum absolute atomic E-state index is 10.5. The standard InChI is InChI=1S/C12H20N2O2/c1-2-11(8-13)14-7-3-4-10(9-14)5-6-12(15)16/h10-11H,2-7,9H2,1H3,(H,15,16). The number of nitrogens with zero attached hydrogens (tertiary/aromatic N) is 2. The summed E-state index contributed by atoms with van der Waals surface area (Å²) in [4.78, 5) is 12.7. The molecule has 90 valence electrons. The third-order valence-electron chi connectivity index (χ3n) is 3.29. The van der Waals surface area contributed by atoms with E-state index < -0.39 is 5.97 Å². The molecule has 0 aromatic carbocycles.